The fourth-order valence-electron chi connectivity index (χ4n) is 3.92. The van der Waals surface area contributed by atoms with E-state index < -0.39 is 10.0 Å². The molecule has 0 amide bonds. The lowest BCUT2D eigenvalue weighted by Crippen LogP contribution is -2.49. The SMILES string of the molecule is Cc1nc(N2CCN(C)CC2)cc(N2CCN(S(=O)(=O)c3cn(C(C)C)cn3)CC2)n1. The van der Waals surface area contributed by atoms with E-state index in [1.54, 1.807) is 12.5 Å². The fourth-order valence-corrected chi connectivity index (χ4v) is 5.26. The minimum absolute atomic E-state index is 0.116. The molecule has 4 rings (SSSR count). The molecule has 2 aliphatic heterocycles. The smallest absolute Gasteiger partial charge is 0.262 e. The number of rotatable bonds is 5. The first-order chi connectivity index (χ1) is 14.7. The Morgan fingerprint density at radius 3 is 1.97 bits per heavy atom. The molecular formula is C20H32N8O2S. The van der Waals surface area contributed by atoms with Gasteiger partial charge in [0.15, 0.2) is 5.03 Å². The Balaban J connectivity index is 1.45. The summed E-state index contributed by atoms with van der Waals surface area (Å²) in [5, 5.41) is 0.116. The first kappa shape index (κ1) is 22.0. The van der Waals surface area contributed by atoms with Gasteiger partial charge < -0.3 is 19.3 Å². The summed E-state index contributed by atoms with van der Waals surface area (Å²) >= 11 is 0. The molecule has 2 aromatic rings. The molecule has 170 valence electrons. The van der Waals surface area contributed by atoms with E-state index in [1.165, 1.54) is 4.31 Å². The maximum absolute atomic E-state index is 13.0. The topological polar surface area (TPSA) is 90.7 Å². The molecule has 0 bridgehead atoms. The molecule has 0 aromatic carbocycles. The average Bonchev–Trinajstić information content (AvgIpc) is 3.26. The highest BCUT2D eigenvalue weighted by molar-refractivity contribution is 7.89. The molecule has 2 saturated heterocycles. The van der Waals surface area contributed by atoms with Crippen molar-refractivity contribution in [3.05, 3.63) is 24.4 Å². The normalized spacial score (nSPS) is 19.4. The van der Waals surface area contributed by atoms with Crippen LogP contribution in [0.25, 0.3) is 0 Å². The lowest BCUT2D eigenvalue weighted by molar-refractivity contribution is 0.312. The van der Waals surface area contributed by atoms with Crippen molar-refractivity contribution >= 4 is 21.7 Å². The summed E-state index contributed by atoms with van der Waals surface area (Å²) in [7, 11) is -1.46. The molecule has 4 heterocycles. The van der Waals surface area contributed by atoms with E-state index >= 15 is 0 Å². The molecule has 0 N–H and O–H groups in total. The highest BCUT2D eigenvalue weighted by atomic mass is 32.2. The molecule has 10 nitrogen and oxygen atoms in total. The summed E-state index contributed by atoms with van der Waals surface area (Å²) < 4.78 is 29.3. The Hall–Kier alpha value is -2.24. The van der Waals surface area contributed by atoms with Gasteiger partial charge in [-0.25, -0.2) is 23.4 Å². The number of piperazine rings is 2. The van der Waals surface area contributed by atoms with Gasteiger partial charge in [0, 0.05) is 70.7 Å². The number of anilines is 2. The number of sulfonamides is 1. The number of hydrogen-bond acceptors (Lipinski definition) is 8. The Kier molecular flexibility index (Phi) is 6.18. The van der Waals surface area contributed by atoms with Crippen molar-refractivity contribution < 1.29 is 8.42 Å². The van der Waals surface area contributed by atoms with Gasteiger partial charge in [-0.05, 0) is 27.8 Å². The largest absolute Gasteiger partial charge is 0.354 e. The third-order valence-electron chi connectivity index (χ3n) is 5.98. The van der Waals surface area contributed by atoms with Crippen LogP contribution in [0, 0.1) is 6.92 Å². The number of imidazole rings is 1. The van der Waals surface area contributed by atoms with Crippen LogP contribution in [0.15, 0.2) is 23.6 Å². The molecule has 31 heavy (non-hydrogen) atoms. The second kappa shape index (κ2) is 8.71. The minimum atomic E-state index is -3.59. The van der Waals surface area contributed by atoms with Gasteiger partial charge >= 0.3 is 0 Å². The van der Waals surface area contributed by atoms with Gasteiger partial charge in [-0.2, -0.15) is 4.31 Å². The fraction of sp³-hybridized carbons (Fsp3) is 0.650. The van der Waals surface area contributed by atoms with Crippen molar-refractivity contribution in [3.8, 4) is 0 Å². The zero-order valence-corrected chi connectivity index (χ0v) is 19.6. The first-order valence-corrected chi connectivity index (χ1v) is 12.3. The van der Waals surface area contributed by atoms with Gasteiger partial charge in [0.25, 0.3) is 10.0 Å². The van der Waals surface area contributed by atoms with E-state index in [9.17, 15) is 8.42 Å². The van der Waals surface area contributed by atoms with Crippen LogP contribution in [0.3, 0.4) is 0 Å². The number of hydrogen-bond donors (Lipinski definition) is 0. The van der Waals surface area contributed by atoms with Crippen LogP contribution < -0.4 is 9.80 Å². The summed E-state index contributed by atoms with van der Waals surface area (Å²) in [4.78, 5) is 20.2. The molecular weight excluding hydrogens is 416 g/mol. The summed E-state index contributed by atoms with van der Waals surface area (Å²) in [6.07, 6.45) is 3.19. The van der Waals surface area contributed by atoms with Crippen LogP contribution in [0.2, 0.25) is 0 Å². The quantitative estimate of drug-likeness (QED) is 0.664. The van der Waals surface area contributed by atoms with E-state index in [0.29, 0.717) is 26.2 Å². The van der Waals surface area contributed by atoms with Crippen LogP contribution in [0.5, 0.6) is 0 Å². The van der Waals surface area contributed by atoms with Gasteiger partial charge in [-0.3, -0.25) is 0 Å². The van der Waals surface area contributed by atoms with Crippen molar-refractivity contribution in [2.45, 2.75) is 31.8 Å². The molecule has 0 atom stereocenters. The van der Waals surface area contributed by atoms with E-state index in [0.717, 1.165) is 43.6 Å². The zero-order chi connectivity index (χ0) is 22.2. The first-order valence-electron chi connectivity index (χ1n) is 10.8. The van der Waals surface area contributed by atoms with E-state index in [2.05, 4.69) is 36.7 Å². The van der Waals surface area contributed by atoms with Crippen LogP contribution in [0.1, 0.15) is 25.7 Å². The van der Waals surface area contributed by atoms with E-state index in [4.69, 9.17) is 0 Å². The molecule has 0 radical (unpaired) electrons. The third-order valence-corrected chi connectivity index (χ3v) is 7.76. The average molecular weight is 449 g/mol. The zero-order valence-electron chi connectivity index (χ0n) is 18.8. The van der Waals surface area contributed by atoms with Crippen LogP contribution in [0.4, 0.5) is 11.6 Å². The Morgan fingerprint density at radius 2 is 1.45 bits per heavy atom. The van der Waals surface area contributed by atoms with Crippen molar-refractivity contribution in [1.82, 2.24) is 28.7 Å². The van der Waals surface area contributed by atoms with Crippen molar-refractivity contribution in [3.63, 3.8) is 0 Å². The Bertz CT molecular complexity index is 1010. The van der Waals surface area contributed by atoms with Crippen molar-refractivity contribution in [2.24, 2.45) is 0 Å². The van der Waals surface area contributed by atoms with Crippen LogP contribution in [-0.4, -0.2) is 96.5 Å². The second-order valence-electron chi connectivity index (χ2n) is 8.57. The highest BCUT2D eigenvalue weighted by Gasteiger charge is 2.31. The minimum Gasteiger partial charge on any atom is -0.354 e. The van der Waals surface area contributed by atoms with Gasteiger partial charge in [-0.15, -0.1) is 0 Å². The van der Waals surface area contributed by atoms with E-state index in [1.807, 2.05) is 31.4 Å². The number of likely N-dealkylation sites (N-methyl/N-ethyl adjacent to an activating group) is 1. The molecule has 0 aliphatic carbocycles. The number of aromatic nitrogens is 4. The molecule has 2 fully saturated rings. The van der Waals surface area contributed by atoms with Gasteiger partial charge in [-0.1, -0.05) is 0 Å². The van der Waals surface area contributed by atoms with Crippen LogP contribution in [-0.2, 0) is 10.0 Å². The number of nitrogens with zero attached hydrogens (tertiary/aromatic N) is 8. The highest BCUT2D eigenvalue weighted by Crippen LogP contribution is 2.23. The molecule has 2 aliphatic rings. The second-order valence-corrected chi connectivity index (χ2v) is 10.5. The standard InChI is InChI=1S/C20H32N8O2S/c1-16(2)27-14-20(21-15-27)31(29,30)28-11-9-26(10-12-28)19-13-18(22-17(3)23-19)25-7-5-24(4)6-8-25/h13-16H,5-12H2,1-4H3. The summed E-state index contributed by atoms with van der Waals surface area (Å²) in [5.74, 6) is 2.55. The molecule has 0 saturated carbocycles. The molecule has 2 aromatic heterocycles. The maximum atomic E-state index is 13.0. The third kappa shape index (κ3) is 4.68. The lowest BCUT2D eigenvalue weighted by Gasteiger charge is -2.36. The summed E-state index contributed by atoms with van der Waals surface area (Å²) in [5.41, 5.74) is 0. The summed E-state index contributed by atoms with van der Waals surface area (Å²) in [6.45, 7) is 11.8. The number of aryl methyl sites for hydroxylation is 1. The summed E-state index contributed by atoms with van der Waals surface area (Å²) in [6, 6.07) is 2.20. The molecule has 11 heteroatoms. The maximum Gasteiger partial charge on any atom is 0.262 e. The van der Waals surface area contributed by atoms with Gasteiger partial charge in [0.1, 0.15) is 17.5 Å². The van der Waals surface area contributed by atoms with Gasteiger partial charge in [0.05, 0.1) is 6.33 Å². The Morgan fingerprint density at radius 1 is 0.903 bits per heavy atom. The predicted molar refractivity (Wildman–Crippen MR) is 120 cm³/mol. The van der Waals surface area contributed by atoms with Crippen molar-refractivity contribution in [1.29, 1.82) is 0 Å². The predicted octanol–water partition coefficient (Wildman–Crippen LogP) is 0.825. The monoisotopic (exact) mass is 448 g/mol. The van der Waals surface area contributed by atoms with Crippen molar-refractivity contribution in [2.75, 3.05) is 69.2 Å². The van der Waals surface area contributed by atoms with Crippen LogP contribution >= 0.6 is 0 Å². The lowest BCUT2D eigenvalue weighted by atomic mass is 10.3. The molecule has 0 unspecified atom stereocenters. The van der Waals surface area contributed by atoms with Gasteiger partial charge in [0.2, 0.25) is 0 Å². The Labute approximate surface area is 184 Å². The van der Waals surface area contributed by atoms with E-state index in [-0.39, 0.29) is 11.1 Å². The molecule has 0 spiro atoms.